The van der Waals surface area contributed by atoms with Crippen LogP contribution in [0.4, 0.5) is 8.63 Å². The molecule has 3 aromatic rings. The number of nitrogens with one attached hydrogen (secondary N) is 2. The Morgan fingerprint density at radius 2 is 1.68 bits per heavy atom. The molecule has 0 bridgehead atoms. The van der Waals surface area contributed by atoms with Crippen molar-refractivity contribution >= 4 is 30.0 Å². The van der Waals surface area contributed by atoms with E-state index in [4.69, 9.17) is 9.73 Å². The Morgan fingerprint density at radius 1 is 0.976 bits per heavy atom. The highest BCUT2D eigenvalue weighted by atomic mass is 19.2. The van der Waals surface area contributed by atoms with Crippen LogP contribution in [0.15, 0.2) is 56.4 Å². The highest BCUT2D eigenvalue weighted by Crippen LogP contribution is 2.30. The molecular weight excluding hydrogens is 525 g/mol. The molecule has 0 amide bonds. The number of halogens is 2. The van der Waals surface area contributed by atoms with E-state index in [1.165, 1.54) is 19.3 Å². The predicted octanol–water partition coefficient (Wildman–Crippen LogP) is 6.93. The lowest BCUT2D eigenvalue weighted by molar-refractivity contribution is 0.158. The molecular formula is C31H39BF2N4O3. The van der Waals surface area contributed by atoms with Gasteiger partial charge in [-0.1, -0.05) is 58.4 Å². The van der Waals surface area contributed by atoms with Crippen LogP contribution in [0.25, 0.3) is 16.8 Å². The Hall–Kier alpha value is -3.69. The Labute approximate surface area is 239 Å². The normalized spacial score (nSPS) is 14.9. The molecule has 1 unspecified atom stereocenters. The second kappa shape index (κ2) is 13.8. The molecule has 1 aliphatic rings. The van der Waals surface area contributed by atoms with E-state index in [1.54, 1.807) is 50.3 Å². The summed E-state index contributed by atoms with van der Waals surface area (Å²) < 4.78 is 35.3. The molecule has 2 aromatic heterocycles. The number of hydrogen-bond acceptors (Lipinski definition) is 4. The number of benzene rings is 1. The van der Waals surface area contributed by atoms with Crippen LogP contribution in [-0.2, 0) is 4.74 Å². The molecule has 0 radical (unpaired) electrons. The number of H-pyrrole nitrogens is 2. The SMILES string of the molecule is CCCCCCC(CCCC)COC1=CC(c2ccc3c(=O)[nH][nH]c(=O)c3c2)=N/C1=C\c1c(C)cc(C)n1B(F)F. The molecule has 4 rings (SSSR count). The highest BCUT2D eigenvalue weighted by molar-refractivity contribution is 6.41. The summed E-state index contributed by atoms with van der Waals surface area (Å²) in [6, 6.07) is 6.66. The highest BCUT2D eigenvalue weighted by Gasteiger charge is 2.26. The summed E-state index contributed by atoms with van der Waals surface area (Å²) in [6.07, 6.45) is 12.6. The van der Waals surface area contributed by atoms with Crippen molar-refractivity contribution in [3.05, 3.63) is 85.0 Å². The fourth-order valence-corrected chi connectivity index (χ4v) is 5.40. The molecule has 3 heterocycles. The summed E-state index contributed by atoms with van der Waals surface area (Å²) in [5.74, 6) is 0.895. The summed E-state index contributed by atoms with van der Waals surface area (Å²) in [7, 11) is -2.69. The first kappa shape index (κ1) is 30.3. The lowest BCUT2D eigenvalue weighted by atomic mass is 9.96. The average molecular weight is 564 g/mol. The Bertz CT molecular complexity index is 1580. The summed E-state index contributed by atoms with van der Waals surface area (Å²) in [4.78, 5) is 29.4. The average Bonchev–Trinajstić information content (AvgIpc) is 3.48. The van der Waals surface area contributed by atoms with Gasteiger partial charge in [-0.05, 0) is 62.4 Å². The second-order valence-corrected chi connectivity index (χ2v) is 10.9. The first-order valence-electron chi connectivity index (χ1n) is 14.6. The van der Waals surface area contributed by atoms with Gasteiger partial charge in [-0.15, -0.1) is 0 Å². The molecule has 0 aliphatic carbocycles. The summed E-state index contributed by atoms with van der Waals surface area (Å²) in [5, 5.41) is 5.20. The maximum Gasteiger partial charge on any atom is 0.677 e. The van der Waals surface area contributed by atoms with Crippen LogP contribution >= 0.6 is 0 Å². The van der Waals surface area contributed by atoms with Crippen LogP contribution in [0, 0.1) is 19.8 Å². The van der Waals surface area contributed by atoms with E-state index in [0.717, 1.165) is 36.6 Å². The van der Waals surface area contributed by atoms with E-state index >= 15 is 0 Å². The van der Waals surface area contributed by atoms with Crippen molar-refractivity contribution in [2.24, 2.45) is 10.9 Å². The van der Waals surface area contributed by atoms with Crippen molar-refractivity contribution in [1.29, 1.82) is 0 Å². The smallest absolute Gasteiger partial charge is 0.491 e. The van der Waals surface area contributed by atoms with E-state index < -0.39 is 18.5 Å². The van der Waals surface area contributed by atoms with Gasteiger partial charge in [0.15, 0.2) is 0 Å². The molecule has 1 aliphatic heterocycles. The maximum absolute atomic E-state index is 14.0. The maximum atomic E-state index is 14.0. The monoisotopic (exact) mass is 564 g/mol. The zero-order valence-electron chi connectivity index (χ0n) is 24.4. The van der Waals surface area contributed by atoms with Gasteiger partial charge in [0, 0.05) is 23.0 Å². The van der Waals surface area contributed by atoms with Gasteiger partial charge in [-0.25, -0.2) is 4.99 Å². The lowest BCUT2D eigenvalue weighted by Crippen LogP contribution is -2.19. The van der Waals surface area contributed by atoms with E-state index in [-0.39, 0.29) is 10.8 Å². The summed E-state index contributed by atoms with van der Waals surface area (Å²) in [5.41, 5.74) is 2.34. The van der Waals surface area contributed by atoms with Crippen LogP contribution in [0.5, 0.6) is 0 Å². The number of unbranched alkanes of at least 4 members (excludes halogenated alkanes) is 4. The molecule has 10 heteroatoms. The number of rotatable bonds is 14. The standard InChI is InChI=1S/C31H39BF2N4O3/c1-5-7-9-10-12-22(11-8-6-2)19-41-29-18-26(23-13-14-24-25(16-23)31(40)37-36-30(24)39)35-27(29)17-28-20(3)15-21(4)38(28)32(33)34/h13-18,22H,5-12,19H2,1-4H3,(H,36,39)(H,37,40)/b27-17-. The minimum atomic E-state index is -2.69. The van der Waals surface area contributed by atoms with Crippen LogP contribution < -0.4 is 11.1 Å². The number of nitrogens with zero attached hydrogens (tertiary/aromatic N) is 2. The van der Waals surface area contributed by atoms with Crippen LogP contribution in [0.3, 0.4) is 0 Å². The summed E-state index contributed by atoms with van der Waals surface area (Å²) >= 11 is 0. The van der Waals surface area contributed by atoms with Crippen LogP contribution in [0.1, 0.15) is 87.7 Å². The number of ether oxygens (including phenoxy) is 1. The number of aromatic amines is 2. The van der Waals surface area contributed by atoms with E-state index in [9.17, 15) is 18.2 Å². The molecule has 7 nitrogen and oxygen atoms in total. The molecule has 2 N–H and O–H groups in total. The van der Waals surface area contributed by atoms with Crippen molar-refractivity contribution in [2.45, 2.75) is 79.1 Å². The number of aromatic nitrogens is 3. The van der Waals surface area contributed by atoms with Gasteiger partial charge >= 0.3 is 7.40 Å². The number of aryl methyl sites for hydroxylation is 2. The Morgan fingerprint density at radius 3 is 2.39 bits per heavy atom. The predicted molar refractivity (Wildman–Crippen MR) is 163 cm³/mol. The van der Waals surface area contributed by atoms with Gasteiger partial charge in [-0.3, -0.25) is 28.4 Å². The molecule has 0 fully saturated rings. The van der Waals surface area contributed by atoms with Gasteiger partial charge in [-0.2, -0.15) is 0 Å². The third-order valence-corrected chi connectivity index (χ3v) is 7.70. The Balaban J connectivity index is 1.70. The first-order chi connectivity index (χ1) is 19.7. The van der Waals surface area contributed by atoms with Gasteiger partial charge < -0.3 is 9.21 Å². The zero-order valence-corrected chi connectivity index (χ0v) is 24.4. The molecule has 0 saturated heterocycles. The largest absolute Gasteiger partial charge is 0.677 e. The van der Waals surface area contributed by atoms with Crippen LogP contribution in [-0.4, -0.2) is 34.4 Å². The topological polar surface area (TPSA) is 92.2 Å². The number of aliphatic imine (C=N–C) groups is 1. The quantitative estimate of drug-likeness (QED) is 0.164. The zero-order chi connectivity index (χ0) is 29.5. The number of allylic oxidation sites excluding steroid dienone is 1. The van der Waals surface area contributed by atoms with E-state index in [2.05, 4.69) is 24.0 Å². The van der Waals surface area contributed by atoms with Crippen molar-refractivity contribution in [2.75, 3.05) is 6.61 Å². The van der Waals surface area contributed by atoms with E-state index in [1.807, 2.05) is 0 Å². The number of fused-ring (bicyclic) bond motifs is 1. The van der Waals surface area contributed by atoms with E-state index in [0.29, 0.717) is 52.2 Å². The van der Waals surface area contributed by atoms with Crippen LogP contribution in [0.2, 0.25) is 0 Å². The summed E-state index contributed by atoms with van der Waals surface area (Å²) in [6.45, 7) is 8.35. The minimum Gasteiger partial charge on any atom is -0.491 e. The van der Waals surface area contributed by atoms with Gasteiger partial charge in [0.1, 0.15) is 11.5 Å². The second-order valence-electron chi connectivity index (χ2n) is 10.9. The molecule has 41 heavy (non-hydrogen) atoms. The molecule has 0 spiro atoms. The lowest BCUT2D eigenvalue weighted by Gasteiger charge is -2.18. The van der Waals surface area contributed by atoms with Crippen molar-refractivity contribution in [3.8, 4) is 0 Å². The molecule has 1 aromatic carbocycles. The minimum absolute atomic E-state index is 0.243. The van der Waals surface area contributed by atoms with Gasteiger partial charge in [0.2, 0.25) is 0 Å². The van der Waals surface area contributed by atoms with Crippen molar-refractivity contribution in [3.63, 3.8) is 0 Å². The first-order valence-corrected chi connectivity index (χ1v) is 14.6. The van der Waals surface area contributed by atoms with Crippen molar-refractivity contribution < 1.29 is 13.4 Å². The van der Waals surface area contributed by atoms with Crippen molar-refractivity contribution in [1.82, 2.24) is 14.7 Å². The molecule has 1 atom stereocenters. The van der Waals surface area contributed by atoms with Gasteiger partial charge in [0.25, 0.3) is 11.1 Å². The molecule has 218 valence electrons. The number of hydrogen-bond donors (Lipinski definition) is 2. The third kappa shape index (κ3) is 7.15. The third-order valence-electron chi connectivity index (χ3n) is 7.70. The Kier molecular flexibility index (Phi) is 10.2. The molecule has 0 saturated carbocycles. The fourth-order valence-electron chi connectivity index (χ4n) is 5.40. The van der Waals surface area contributed by atoms with Gasteiger partial charge in [0.05, 0.1) is 23.1 Å². The fraction of sp³-hybridized carbons (Fsp3) is 0.452.